The van der Waals surface area contributed by atoms with Crippen LogP contribution in [-0.4, -0.2) is 55.8 Å². The van der Waals surface area contributed by atoms with Gasteiger partial charge in [0.05, 0.1) is 11.8 Å². The highest BCUT2D eigenvalue weighted by molar-refractivity contribution is 7.99. The van der Waals surface area contributed by atoms with Crippen LogP contribution in [0.15, 0.2) is 41.3 Å². The van der Waals surface area contributed by atoms with Crippen molar-refractivity contribution in [2.45, 2.75) is 18.7 Å². The Kier molecular flexibility index (Phi) is 7.16. The second kappa shape index (κ2) is 9.61. The van der Waals surface area contributed by atoms with E-state index in [0.29, 0.717) is 17.2 Å². The summed E-state index contributed by atoms with van der Waals surface area (Å²) in [4.78, 5) is 23.2. The minimum Gasteiger partial charge on any atom is -0.494 e. The molecule has 2 aromatic carbocycles. The van der Waals surface area contributed by atoms with E-state index in [4.69, 9.17) is 9.72 Å². The predicted molar refractivity (Wildman–Crippen MR) is 124 cm³/mol. The Bertz CT molecular complexity index is 984. The molecule has 0 saturated carbocycles. The summed E-state index contributed by atoms with van der Waals surface area (Å²) in [6, 6.07) is 11.8. The number of benzene rings is 2. The molecule has 0 aliphatic heterocycles. The Morgan fingerprint density at radius 3 is 2.48 bits per heavy atom. The number of likely N-dealkylation sites (N-methyl/N-ethyl adjacent to an activating group) is 1. The summed E-state index contributed by atoms with van der Waals surface area (Å²) >= 11 is 3.31. The van der Waals surface area contributed by atoms with Crippen LogP contribution in [0.25, 0.3) is 10.2 Å². The monoisotopic (exact) mass is 429 g/mol. The van der Waals surface area contributed by atoms with Gasteiger partial charge in [0.15, 0.2) is 5.13 Å². The topological polar surface area (TPSA) is 45.7 Å². The Morgan fingerprint density at radius 2 is 1.86 bits per heavy atom. The van der Waals surface area contributed by atoms with Gasteiger partial charge >= 0.3 is 0 Å². The first kappa shape index (κ1) is 21.6. The smallest absolute Gasteiger partial charge is 0.260 e. The van der Waals surface area contributed by atoms with Gasteiger partial charge in [-0.2, -0.15) is 0 Å². The molecule has 7 heteroatoms. The normalized spacial score (nSPS) is 11.2. The van der Waals surface area contributed by atoms with Crippen LogP contribution in [0.2, 0.25) is 0 Å². The highest BCUT2D eigenvalue weighted by Gasteiger charge is 2.23. The summed E-state index contributed by atoms with van der Waals surface area (Å²) in [6.07, 6.45) is 0. The van der Waals surface area contributed by atoms with E-state index in [1.54, 1.807) is 23.8 Å². The third-order valence-corrected chi connectivity index (χ3v) is 6.68. The maximum absolute atomic E-state index is 13.4. The molecule has 3 rings (SSSR count). The van der Waals surface area contributed by atoms with Crippen LogP contribution in [0.3, 0.4) is 0 Å². The molecule has 3 aromatic rings. The van der Waals surface area contributed by atoms with Crippen molar-refractivity contribution in [2.24, 2.45) is 0 Å². The number of methoxy groups -OCH3 is 1. The fourth-order valence-electron chi connectivity index (χ4n) is 2.98. The number of aromatic nitrogens is 1. The van der Waals surface area contributed by atoms with Crippen molar-refractivity contribution < 1.29 is 9.53 Å². The number of carbonyl (C=O) groups excluding carboxylic acids is 1. The number of ether oxygens (including phenoxy) is 1. The van der Waals surface area contributed by atoms with Crippen molar-refractivity contribution in [3.8, 4) is 5.75 Å². The van der Waals surface area contributed by atoms with E-state index in [9.17, 15) is 4.79 Å². The first-order valence-electron chi connectivity index (χ1n) is 9.58. The number of hydrogen-bond donors (Lipinski definition) is 0. The van der Waals surface area contributed by atoms with Gasteiger partial charge in [-0.1, -0.05) is 24.3 Å². The summed E-state index contributed by atoms with van der Waals surface area (Å²) in [6.45, 7) is 5.50. The van der Waals surface area contributed by atoms with Crippen molar-refractivity contribution in [3.63, 3.8) is 0 Å². The lowest BCUT2D eigenvalue weighted by atomic mass is 10.2. The molecule has 0 spiro atoms. The number of anilines is 1. The highest BCUT2D eigenvalue weighted by Crippen LogP contribution is 2.36. The molecular formula is C22H27N3O2S2. The first-order valence-corrected chi connectivity index (χ1v) is 11.4. The fraction of sp³-hybridized carbons (Fsp3) is 0.364. The van der Waals surface area contributed by atoms with E-state index in [2.05, 4.69) is 18.7 Å². The van der Waals surface area contributed by atoms with Gasteiger partial charge in [-0.3, -0.25) is 9.69 Å². The third-order valence-electron chi connectivity index (χ3n) is 4.57. The molecule has 0 unspecified atom stereocenters. The standard InChI is InChI=1S/C22H27N3O2S2/c1-6-28-17-10-8-16(9-11-17)21(26)25(14-13-24(3)4)22-23-19-18(27-5)12-7-15(2)20(19)29-22/h7-12H,6,13-14H2,1-5H3. The van der Waals surface area contributed by atoms with Crippen LogP contribution < -0.4 is 9.64 Å². The fourth-order valence-corrected chi connectivity index (χ4v) is 4.72. The number of aryl methyl sites for hydroxylation is 1. The largest absolute Gasteiger partial charge is 0.494 e. The molecule has 1 aromatic heterocycles. The van der Waals surface area contributed by atoms with Crippen LogP contribution >= 0.6 is 23.1 Å². The lowest BCUT2D eigenvalue weighted by molar-refractivity contribution is 0.0985. The van der Waals surface area contributed by atoms with Gasteiger partial charge < -0.3 is 9.64 Å². The van der Waals surface area contributed by atoms with Crippen molar-refractivity contribution in [1.29, 1.82) is 0 Å². The quantitative estimate of drug-likeness (QED) is 0.475. The van der Waals surface area contributed by atoms with Gasteiger partial charge in [-0.25, -0.2) is 4.98 Å². The van der Waals surface area contributed by atoms with Crippen LogP contribution in [0.1, 0.15) is 22.8 Å². The minimum absolute atomic E-state index is 0.0319. The maximum Gasteiger partial charge on any atom is 0.260 e. The van der Waals surface area contributed by atoms with E-state index < -0.39 is 0 Å². The SMILES string of the molecule is CCSc1ccc(C(=O)N(CCN(C)C)c2nc3c(OC)ccc(C)c3s2)cc1. The predicted octanol–water partition coefficient (Wildman–Crippen LogP) is 4.93. The number of carbonyl (C=O) groups is 1. The van der Waals surface area contributed by atoms with Gasteiger partial charge in [0, 0.05) is 23.5 Å². The van der Waals surface area contributed by atoms with E-state index in [1.807, 2.05) is 50.5 Å². The van der Waals surface area contributed by atoms with Crippen molar-refractivity contribution in [2.75, 3.05) is 44.9 Å². The van der Waals surface area contributed by atoms with E-state index >= 15 is 0 Å². The molecule has 1 heterocycles. The lowest BCUT2D eigenvalue weighted by Gasteiger charge is -2.22. The molecule has 0 atom stereocenters. The molecule has 0 radical (unpaired) electrons. The van der Waals surface area contributed by atoms with Crippen LogP contribution in [0.5, 0.6) is 5.75 Å². The average molecular weight is 430 g/mol. The van der Waals surface area contributed by atoms with E-state index in [-0.39, 0.29) is 5.91 Å². The zero-order valence-corrected chi connectivity index (χ0v) is 19.2. The zero-order valence-electron chi connectivity index (χ0n) is 17.6. The van der Waals surface area contributed by atoms with E-state index in [0.717, 1.165) is 33.8 Å². The molecule has 0 N–H and O–H groups in total. The van der Waals surface area contributed by atoms with Gasteiger partial charge in [0.1, 0.15) is 11.3 Å². The molecule has 0 fully saturated rings. The number of rotatable bonds is 8. The maximum atomic E-state index is 13.4. The Balaban J connectivity index is 1.99. The van der Waals surface area contributed by atoms with Crippen LogP contribution in [0, 0.1) is 6.92 Å². The number of hydrogen-bond acceptors (Lipinski definition) is 6. The Hall–Kier alpha value is -2.09. The molecule has 0 aliphatic rings. The second-order valence-corrected chi connectivity index (χ2v) is 9.29. The van der Waals surface area contributed by atoms with Gasteiger partial charge in [0.2, 0.25) is 0 Å². The number of thiazole rings is 1. The molecule has 1 amide bonds. The summed E-state index contributed by atoms with van der Waals surface area (Å²) in [7, 11) is 5.66. The molecule has 0 bridgehead atoms. The highest BCUT2D eigenvalue weighted by atomic mass is 32.2. The molecule has 0 saturated heterocycles. The van der Waals surface area contributed by atoms with Crippen LogP contribution in [0.4, 0.5) is 5.13 Å². The van der Waals surface area contributed by atoms with Crippen LogP contribution in [-0.2, 0) is 0 Å². The minimum atomic E-state index is -0.0319. The molecule has 154 valence electrons. The Labute approximate surface area is 180 Å². The van der Waals surface area contributed by atoms with Crippen molar-refractivity contribution in [1.82, 2.24) is 9.88 Å². The molecule has 0 aliphatic carbocycles. The first-order chi connectivity index (χ1) is 13.9. The Morgan fingerprint density at radius 1 is 1.14 bits per heavy atom. The van der Waals surface area contributed by atoms with E-state index in [1.165, 1.54) is 16.2 Å². The summed E-state index contributed by atoms with van der Waals surface area (Å²) < 4.78 is 6.54. The summed E-state index contributed by atoms with van der Waals surface area (Å²) in [5.74, 6) is 1.71. The van der Waals surface area contributed by atoms with Crippen molar-refractivity contribution in [3.05, 3.63) is 47.5 Å². The number of amides is 1. The summed E-state index contributed by atoms with van der Waals surface area (Å²) in [5.41, 5.74) is 2.61. The summed E-state index contributed by atoms with van der Waals surface area (Å²) in [5, 5.41) is 0.700. The number of nitrogens with zero attached hydrogens (tertiary/aromatic N) is 3. The van der Waals surface area contributed by atoms with Gasteiger partial charge in [-0.15, -0.1) is 11.8 Å². The van der Waals surface area contributed by atoms with Gasteiger partial charge in [0.25, 0.3) is 5.91 Å². The zero-order chi connectivity index (χ0) is 21.0. The molecule has 5 nitrogen and oxygen atoms in total. The van der Waals surface area contributed by atoms with Crippen molar-refractivity contribution >= 4 is 44.4 Å². The third kappa shape index (κ3) is 4.91. The molecule has 29 heavy (non-hydrogen) atoms. The van der Waals surface area contributed by atoms with Gasteiger partial charge in [-0.05, 0) is 62.7 Å². The lowest BCUT2D eigenvalue weighted by Crippen LogP contribution is -2.36. The molecular weight excluding hydrogens is 402 g/mol. The second-order valence-electron chi connectivity index (χ2n) is 6.98. The number of fused-ring (bicyclic) bond motifs is 1. The number of thioether (sulfide) groups is 1. The average Bonchev–Trinajstić information content (AvgIpc) is 3.15.